The first kappa shape index (κ1) is 22.2. The number of hydrogen-bond donors (Lipinski definition) is 3. The smallest absolute Gasteiger partial charge is 0.275 e. The van der Waals surface area contributed by atoms with Crippen LogP contribution in [0.2, 0.25) is 0 Å². The van der Waals surface area contributed by atoms with E-state index >= 15 is 0 Å². The number of nitrogens with one attached hydrogen (secondary N) is 2. The summed E-state index contributed by atoms with van der Waals surface area (Å²) in [7, 11) is 0. The monoisotopic (exact) mass is 362 g/mol. The average molecular weight is 363 g/mol. The molecule has 0 aliphatic rings. The van der Waals surface area contributed by atoms with Crippen LogP contribution in [0.1, 0.15) is 71.0 Å². The molecule has 2 amide bonds. The van der Waals surface area contributed by atoms with Crippen LogP contribution in [0.15, 0.2) is 24.3 Å². The van der Waals surface area contributed by atoms with Crippen molar-refractivity contribution in [1.29, 1.82) is 0 Å². The van der Waals surface area contributed by atoms with Crippen LogP contribution in [-0.2, 0) is 9.59 Å². The number of quaternary nitrogens is 1. The van der Waals surface area contributed by atoms with E-state index in [1.165, 1.54) is 11.1 Å². The summed E-state index contributed by atoms with van der Waals surface area (Å²) in [6, 6.07) is 9.05. The number of carbonyl (C=O) groups excluding carboxylic acids is 2. The molecule has 1 rings (SSSR count). The molecule has 146 valence electrons. The van der Waals surface area contributed by atoms with Crippen LogP contribution in [0.5, 0.6) is 0 Å². The van der Waals surface area contributed by atoms with Gasteiger partial charge in [-0.25, -0.2) is 0 Å². The Morgan fingerprint density at radius 3 is 2.04 bits per heavy atom. The fourth-order valence-electron chi connectivity index (χ4n) is 2.93. The van der Waals surface area contributed by atoms with E-state index in [2.05, 4.69) is 67.9 Å². The van der Waals surface area contributed by atoms with E-state index in [0.29, 0.717) is 18.4 Å². The Balaban J connectivity index is 2.58. The molecule has 0 aliphatic heterocycles. The van der Waals surface area contributed by atoms with Gasteiger partial charge in [-0.2, -0.15) is 0 Å². The zero-order valence-corrected chi connectivity index (χ0v) is 17.1. The molecule has 0 fully saturated rings. The highest BCUT2D eigenvalue weighted by atomic mass is 16.2. The van der Waals surface area contributed by atoms with E-state index in [-0.39, 0.29) is 30.4 Å². The predicted molar refractivity (Wildman–Crippen MR) is 106 cm³/mol. The van der Waals surface area contributed by atoms with Crippen LogP contribution in [0.4, 0.5) is 0 Å². The van der Waals surface area contributed by atoms with E-state index in [1.54, 1.807) is 0 Å². The minimum atomic E-state index is -0.158. The summed E-state index contributed by atoms with van der Waals surface area (Å²) < 4.78 is 0. The number of rotatable bonds is 10. The van der Waals surface area contributed by atoms with Gasteiger partial charge in [0.15, 0.2) is 6.54 Å². The summed E-state index contributed by atoms with van der Waals surface area (Å²) in [5, 5.41) is 7.50. The van der Waals surface area contributed by atoms with Gasteiger partial charge in [0, 0.05) is 17.5 Å². The first-order valence-electron chi connectivity index (χ1n) is 9.73. The third kappa shape index (κ3) is 7.56. The molecule has 26 heavy (non-hydrogen) atoms. The molecule has 0 saturated heterocycles. The lowest BCUT2D eigenvalue weighted by molar-refractivity contribution is -0.692. The van der Waals surface area contributed by atoms with Crippen LogP contribution in [-0.4, -0.2) is 30.9 Å². The quantitative estimate of drug-likeness (QED) is 0.596. The average Bonchev–Trinajstić information content (AvgIpc) is 2.59. The van der Waals surface area contributed by atoms with E-state index in [1.807, 2.05) is 13.8 Å². The van der Waals surface area contributed by atoms with Crippen LogP contribution in [0, 0.1) is 5.92 Å². The fraction of sp³-hybridized carbons (Fsp3) is 0.619. The van der Waals surface area contributed by atoms with Crippen molar-refractivity contribution in [3.63, 3.8) is 0 Å². The van der Waals surface area contributed by atoms with Crippen molar-refractivity contribution in [2.45, 2.75) is 66.0 Å². The minimum absolute atomic E-state index is 0.0286. The minimum Gasteiger partial charge on any atom is -0.352 e. The number of amides is 2. The van der Waals surface area contributed by atoms with Crippen LogP contribution in [0.3, 0.4) is 0 Å². The third-order valence-electron chi connectivity index (χ3n) is 4.67. The zero-order valence-electron chi connectivity index (χ0n) is 17.1. The van der Waals surface area contributed by atoms with Crippen molar-refractivity contribution in [2.24, 2.45) is 5.92 Å². The SMILES string of the molecule is CC[C@@H](C)c1ccc([C@H]([NH2+]CC(=O)NCC(=O)NC(C)C)C(C)C)cc1. The molecule has 0 spiro atoms. The molecule has 1 aromatic rings. The molecule has 0 unspecified atom stereocenters. The lowest BCUT2D eigenvalue weighted by Crippen LogP contribution is -2.88. The summed E-state index contributed by atoms with van der Waals surface area (Å²) >= 11 is 0. The van der Waals surface area contributed by atoms with Crippen molar-refractivity contribution in [3.8, 4) is 0 Å². The number of benzene rings is 1. The van der Waals surface area contributed by atoms with Gasteiger partial charge in [-0.1, -0.05) is 52.0 Å². The Morgan fingerprint density at radius 2 is 1.54 bits per heavy atom. The summed E-state index contributed by atoms with van der Waals surface area (Å²) in [6.07, 6.45) is 1.13. The molecule has 5 nitrogen and oxygen atoms in total. The Labute approximate surface area is 158 Å². The topological polar surface area (TPSA) is 74.8 Å². The summed E-state index contributed by atoms with van der Waals surface area (Å²) in [6.45, 7) is 12.9. The number of nitrogens with two attached hydrogens (primary N) is 1. The van der Waals surface area contributed by atoms with E-state index < -0.39 is 0 Å². The maximum absolute atomic E-state index is 12.1. The molecule has 5 heteroatoms. The van der Waals surface area contributed by atoms with Crippen molar-refractivity contribution in [2.75, 3.05) is 13.1 Å². The molecule has 0 bridgehead atoms. The molecular weight excluding hydrogens is 326 g/mol. The normalized spacial score (nSPS) is 13.5. The van der Waals surface area contributed by atoms with Crippen LogP contribution >= 0.6 is 0 Å². The van der Waals surface area contributed by atoms with Crippen LogP contribution < -0.4 is 16.0 Å². The maximum Gasteiger partial charge on any atom is 0.275 e. The van der Waals surface area contributed by atoms with Crippen molar-refractivity contribution in [3.05, 3.63) is 35.4 Å². The van der Waals surface area contributed by atoms with E-state index in [4.69, 9.17) is 0 Å². The molecule has 0 saturated carbocycles. The fourth-order valence-corrected chi connectivity index (χ4v) is 2.93. The van der Waals surface area contributed by atoms with Gasteiger partial charge < -0.3 is 16.0 Å². The standard InChI is InChI=1S/C21H35N3O2/c1-7-16(6)17-8-10-18(11-9-17)21(14(2)3)23-12-19(25)22-13-20(26)24-15(4)5/h8-11,14-16,21,23H,7,12-13H2,1-6H3,(H,22,25)(H,24,26)/p+1/t16-,21-/m1/s1. The molecule has 4 N–H and O–H groups in total. The van der Waals surface area contributed by atoms with Gasteiger partial charge in [-0.3, -0.25) is 9.59 Å². The maximum atomic E-state index is 12.1. The van der Waals surface area contributed by atoms with Gasteiger partial charge in [0.1, 0.15) is 6.04 Å². The molecule has 0 radical (unpaired) electrons. The molecule has 0 aromatic heterocycles. The molecular formula is C21H36N3O2+. The predicted octanol–water partition coefficient (Wildman–Crippen LogP) is 2.10. The largest absolute Gasteiger partial charge is 0.352 e. The number of hydrogen-bond acceptors (Lipinski definition) is 2. The van der Waals surface area contributed by atoms with Crippen molar-refractivity contribution < 1.29 is 14.9 Å². The van der Waals surface area contributed by atoms with Crippen molar-refractivity contribution >= 4 is 11.8 Å². The first-order chi connectivity index (χ1) is 12.2. The highest BCUT2D eigenvalue weighted by Crippen LogP contribution is 2.22. The number of carbonyl (C=O) groups is 2. The van der Waals surface area contributed by atoms with Gasteiger partial charge in [0.25, 0.3) is 5.91 Å². The lowest BCUT2D eigenvalue weighted by Gasteiger charge is -2.20. The van der Waals surface area contributed by atoms with E-state index in [9.17, 15) is 9.59 Å². The molecule has 0 heterocycles. The molecule has 1 aromatic carbocycles. The van der Waals surface area contributed by atoms with E-state index in [0.717, 1.165) is 6.42 Å². The molecule has 0 aliphatic carbocycles. The molecule has 2 atom stereocenters. The Morgan fingerprint density at radius 1 is 0.962 bits per heavy atom. The highest BCUT2D eigenvalue weighted by Gasteiger charge is 2.21. The van der Waals surface area contributed by atoms with Crippen molar-refractivity contribution in [1.82, 2.24) is 10.6 Å². The third-order valence-corrected chi connectivity index (χ3v) is 4.67. The second kappa shape index (κ2) is 11.0. The Kier molecular flexibility index (Phi) is 9.35. The van der Waals surface area contributed by atoms with Gasteiger partial charge in [0.05, 0.1) is 6.54 Å². The zero-order chi connectivity index (χ0) is 19.7. The van der Waals surface area contributed by atoms with Crippen LogP contribution in [0.25, 0.3) is 0 Å². The second-order valence-corrected chi connectivity index (χ2v) is 7.68. The highest BCUT2D eigenvalue weighted by molar-refractivity contribution is 5.85. The lowest BCUT2D eigenvalue weighted by atomic mass is 9.92. The van der Waals surface area contributed by atoms with Gasteiger partial charge in [-0.15, -0.1) is 0 Å². The Bertz CT molecular complexity index is 567. The summed E-state index contributed by atoms with van der Waals surface area (Å²) in [4.78, 5) is 23.7. The Hall–Kier alpha value is -1.88. The van der Waals surface area contributed by atoms with Gasteiger partial charge in [-0.05, 0) is 31.7 Å². The second-order valence-electron chi connectivity index (χ2n) is 7.68. The van der Waals surface area contributed by atoms with Gasteiger partial charge >= 0.3 is 0 Å². The van der Waals surface area contributed by atoms with Gasteiger partial charge in [0.2, 0.25) is 5.91 Å². The summed E-state index contributed by atoms with van der Waals surface area (Å²) in [5.41, 5.74) is 2.59. The summed E-state index contributed by atoms with van der Waals surface area (Å²) in [5.74, 6) is 0.690. The first-order valence-corrected chi connectivity index (χ1v) is 9.73.